The summed E-state index contributed by atoms with van der Waals surface area (Å²) in [6.45, 7) is 4.33. The average molecular weight is 306 g/mol. The molecule has 7 nitrogen and oxygen atoms in total. The number of carbonyl (C=O) groups excluding carboxylic acids is 1. The third-order valence-electron chi connectivity index (χ3n) is 2.52. The van der Waals surface area contributed by atoms with Crippen LogP contribution in [0.2, 0.25) is 0 Å². The van der Waals surface area contributed by atoms with Crippen molar-refractivity contribution in [2.75, 3.05) is 33.5 Å². The van der Waals surface area contributed by atoms with Crippen LogP contribution in [0.25, 0.3) is 0 Å². The minimum atomic E-state index is -0.495. The van der Waals surface area contributed by atoms with Gasteiger partial charge in [-0.1, -0.05) is 5.21 Å². The summed E-state index contributed by atoms with van der Waals surface area (Å²) >= 11 is 5.85. The molecule has 0 radical (unpaired) electrons. The third-order valence-corrected chi connectivity index (χ3v) is 2.78. The lowest BCUT2D eigenvalue weighted by atomic mass is 10.3. The molecule has 0 saturated carbocycles. The Morgan fingerprint density at radius 1 is 1.35 bits per heavy atom. The van der Waals surface area contributed by atoms with Gasteiger partial charge in [0, 0.05) is 20.3 Å². The van der Waals surface area contributed by atoms with Crippen molar-refractivity contribution >= 4 is 17.6 Å². The number of alkyl halides is 1. The number of methoxy groups -OCH3 is 1. The molecule has 1 aromatic heterocycles. The first-order valence-electron chi connectivity index (χ1n) is 6.46. The predicted octanol–water partition coefficient (Wildman–Crippen LogP) is 1.25. The molecule has 0 aliphatic carbocycles. The van der Waals surface area contributed by atoms with Gasteiger partial charge in [-0.2, -0.15) is 0 Å². The van der Waals surface area contributed by atoms with Gasteiger partial charge in [-0.05, 0) is 13.3 Å². The Kier molecular flexibility index (Phi) is 8.17. The molecule has 0 unspecified atom stereocenters. The van der Waals surface area contributed by atoms with E-state index in [1.807, 2.05) is 0 Å². The lowest BCUT2D eigenvalue weighted by Crippen LogP contribution is -2.11. The second-order valence-electron chi connectivity index (χ2n) is 3.92. The Bertz CT molecular complexity index is 411. The van der Waals surface area contributed by atoms with Gasteiger partial charge in [-0.3, -0.25) is 0 Å². The summed E-state index contributed by atoms with van der Waals surface area (Å²) in [5.41, 5.74) is 0.754. The van der Waals surface area contributed by atoms with Crippen molar-refractivity contribution in [2.24, 2.45) is 0 Å². The second kappa shape index (κ2) is 9.68. The van der Waals surface area contributed by atoms with E-state index in [4.69, 9.17) is 25.8 Å². The molecule has 0 N–H and O–H groups in total. The molecule has 0 atom stereocenters. The quantitative estimate of drug-likeness (QED) is 0.368. The first-order chi connectivity index (χ1) is 9.74. The van der Waals surface area contributed by atoms with E-state index in [0.29, 0.717) is 38.7 Å². The van der Waals surface area contributed by atoms with Gasteiger partial charge in [0.2, 0.25) is 0 Å². The molecule has 0 aromatic carbocycles. The minimum Gasteiger partial charge on any atom is -0.461 e. The number of hydrogen-bond donors (Lipinski definition) is 0. The fourth-order valence-corrected chi connectivity index (χ4v) is 1.83. The van der Waals surface area contributed by atoms with Gasteiger partial charge in [-0.25, -0.2) is 9.48 Å². The monoisotopic (exact) mass is 305 g/mol. The summed E-state index contributed by atoms with van der Waals surface area (Å²) in [6.07, 6.45) is 0.749. The number of rotatable bonds is 10. The predicted molar refractivity (Wildman–Crippen MR) is 72.8 cm³/mol. The van der Waals surface area contributed by atoms with E-state index in [2.05, 4.69) is 10.3 Å². The minimum absolute atomic E-state index is 0.158. The summed E-state index contributed by atoms with van der Waals surface area (Å²) in [5.74, 6) is -0.336. The van der Waals surface area contributed by atoms with Crippen molar-refractivity contribution in [3.8, 4) is 0 Å². The molecule has 0 bridgehead atoms. The molecular weight excluding hydrogens is 286 g/mol. The number of carbonyl (C=O) groups is 1. The van der Waals surface area contributed by atoms with Gasteiger partial charge in [-0.15, -0.1) is 16.7 Å². The van der Waals surface area contributed by atoms with Crippen LogP contribution >= 0.6 is 11.6 Å². The van der Waals surface area contributed by atoms with E-state index < -0.39 is 5.97 Å². The lowest BCUT2D eigenvalue weighted by molar-refractivity contribution is 0.0518. The van der Waals surface area contributed by atoms with Crippen molar-refractivity contribution < 1.29 is 19.0 Å². The fourth-order valence-electron chi connectivity index (χ4n) is 1.56. The van der Waals surface area contributed by atoms with E-state index in [1.54, 1.807) is 18.7 Å². The number of ether oxygens (including phenoxy) is 3. The van der Waals surface area contributed by atoms with Gasteiger partial charge >= 0.3 is 5.97 Å². The first-order valence-corrected chi connectivity index (χ1v) is 7.00. The Balaban J connectivity index is 2.48. The largest absolute Gasteiger partial charge is 0.461 e. The average Bonchev–Trinajstić information content (AvgIpc) is 2.86. The van der Waals surface area contributed by atoms with Gasteiger partial charge in [0.1, 0.15) is 0 Å². The molecule has 0 spiro atoms. The van der Waals surface area contributed by atoms with Crippen LogP contribution in [0.15, 0.2) is 0 Å². The zero-order valence-electron chi connectivity index (χ0n) is 11.8. The molecule has 0 amide bonds. The molecule has 1 aromatic rings. The molecule has 0 fully saturated rings. The van der Waals surface area contributed by atoms with Gasteiger partial charge < -0.3 is 14.2 Å². The third kappa shape index (κ3) is 5.07. The zero-order valence-corrected chi connectivity index (χ0v) is 12.6. The number of hydrogen-bond acceptors (Lipinski definition) is 6. The molecule has 1 heterocycles. The molecule has 1 rings (SSSR count). The highest BCUT2D eigenvalue weighted by atomic mass is 35.5. The van der Waals surface area contributed by atoms with Crippen molar-refractivity contribution in [1.29, 1.82) is 0 Å². The SMILES string of the molecule is CCOC(=O)c1nnn(CCCOCCOC)c1CCl. The standard InChI is InChI=1S/C12H20ClN3O4/c1-3-20-12(17)11-10(9-13)16(15-14-11)5-4-6-19-8-7-18-2/h3-9H2,1-2H3. The van der Waals surface area contributed by atoms with Crippen LogP contribution in [-0.4, -0.2) is 54.5 Å². The molecular formula is C12H20ClN3O4. The molecule has 114 valence electrons. The number of halogens is 1. The van der Waals surface area contributed by atoms with E-state index in [-0.39, 0.29) is 11.6 Å². The Morgan fingerprint density at radius 2 is 2.15 bits per heavy atom. The summed E-state index contributed by atoms with van der Waals surface area (Å²) in [5, 5.41) is 7.75. The maximum Gasteiger partial charge on any atom is 0.360 e. The van der Waals surface area contributed by atoms with Crippen LogP contribution in [0.1, 0.15) is 29.5 Å². The summed E-state index contributed by atoms with van der Waals surface area (Å²) < 4.78 is 16.7. The van der Waals surface area contributed by atoms with Crippen LogP contribution in [0, 0.1) is 0 Å². The zero-order chi connectivity index (χ0) is 14.8. The molecule has 20 heavy (non-hydrogen) atoms. The van der Waals surface area contributed by atoms with Crippen LogP contribution in [0.3, 0.4) is 0 Å². The molecule has 0 saturated heterocycles. The summed E-state index contributed by atoms with van der Waals surface area (Å²) in [7, 11) is 1.63. The van der Waals surface area contributed by atoms with Crippen molar-refractivity contribution in [3.05, 3.63) is 11.4 Å². The molecule has 0 aliphatic rings. The number of esters is 1. The maximum absolute atomic E-state index is 11.7. The van der Waals surface area contributed by atoms with Gasteiger partial charge in [0.05, 0.1) is 31.4 Å². The second-order valence-corrected chi connectivity index (χ2v) is 4.19. The van der Waals surface area contributed by atoms with Gasteiger partial charge in [0.25, 0.3) is 0 Å². The molecule has 8 heteroatoms. The Morgan fingerprint density at radius 3 is 2.80 bits per heavy atom. The number of aryl methyl sites for hydroxylation is 1. The molecule has 0 aliphatic heterocycles. The lowest BCUT2D eigenvalue weighted by Gasteiger charge is -2.06. The number of nitrogens with zero attached hydrogens (tertiary/aromatic N) is 3. The Labute approximate surface area is 123 Å². The van der Waals surface area contributed by atoms with E-state index >= 15 is 0 Å². The van der Waals surface area contributed by atoms with E-state index in [1.165, 1.54) is 0 Å². The van der Waals surface area contributed by atoms with Gasteiger partial charge in [0.15, 0.2) is 5.69 Å². The van der Waals surface area contributed by atoms with E-state index in [0.717, 1.165) is 6.42 Å². The first kappa shape index (κ1) is 16.9. The summed E-state index contributed by atoms with van der Waals surface area (Å²) in [4.78, 5) is 11.7. The summed E-state index contributed by atoms with van der Waals surface area (Å²) in [6, 6.07) is 0. The van der Waals surface area contributed by atoms with Crippen molar-refractivity contribution in [2.45, 2.75) is 25.8 Å². The van der Waals surface area contributed by atoms with Crippen molar-refractivity contribution in [1.82, 2.24) is 15.0 Å². The Hall–Kier alpha value is -1.18. The van der Waals surface area contributed by atoms with Crippen LogP contribution < -0.4 is 0 Å². The normalized spacial score (nSPS) is 10.8. The van der Waals surface area contributed by atoms with Crippen LogP contribution in [0.4, 0.5) is 0 Å². The van der Waals surface area contributed by atoms with Crippen LogP contribution in [0.5, 0.6) is 0 Å². The highest BCUT2D eigenvalue weighted by Gasteiger charge is 2.19. The topological polar surface area (TPSA) is 75.5 Å². The highest BCUT2D eigenvalue weighted by molar-refractivity contribution is 6.17. The smallest absolute Gasteiger partial charge is 0.360 e. The maximum atomic E-state index is 11.7. The fraction of sp³-hybridized carbons (Fsp3) is 0.750. The van der Waals surface area contributed by atoms with Crippen LogP contribution in [-0.2, 0) is 26.6 Å². The van der Waals surface area contributed by atoms with Crippen molar-refractivity contribution in [3.63, 3.8) is 0 Å². The highest BCUT2D eigenvalue weighted by Crippen LogP contribution is 2.11. The van der Waals surface area contributed by atoms with E-state index in [9.17, 15) is 4.79 Å². The number of aromatic nitrogens is 3.